The van der Waals surface area contributed by atoms with Crippen molar-refractivity contribution in [3.63, 3.8) is 0 Å². The van der Waals surface area contributed by atoms with E-state index >= 15 is 0 Å². The van der Waals surface area contributed by atoms with Gasteiger partial charge in [0.25, 0.3) is 5.91 Å². The first-order chi connectivity index (χ1) is 13.3. The van der Waals surface area contributed by atoms with E-state index in [4.69, 9.17) is 0 Å². The molecule has 0 aromatic heterocycles. The summed E-state index contributed by atoms with van der Waals surface area (Å²) in [5, 5.41) is 2.86. The van der Waals surface area contributed by atoms with Gasteiger partial charge in [0.05, 0.1) is 6.54 Å². The number of amides is 5. The molecule has 0 unspecified atom stereocenters. The van der Waals surface area contributed by atoms with Gasteiger partial charge in [-0.1, -0.05) is 24.3 Å². The van der Waals surface area contributed by atoms with Crippen LogP contribution in [0.15, 0.2) is 24.3 Å². The second-order valence-electron chi connectivity index (χ2n) is 7.63. The Hall–Kier alpha value is -2.90. The van der Waals surface area contributed by atoms with Crippen LogP contribution in [-0.2, 0) is 26.3 Å². The molecule has 28 heavy (non-hydrogen) atoms. The van der Waals surface area contributed by atoms with E-state index in [9.17, 15) is 19.2 Å². The van der Waals surface area contributed by atoms with Crippen LogP contribution >= 0.6 is 0 Å². The number of carbonyl (C=O) groups is 4. The summed E-state index contributed by atoms with van der Waals surface area (Å²) in [5.74, 6) is -1.09. The van der Waals surface area contributed by atoms with Gasteiger partial charge >= 0.3 is 6.03 Å². The van der Waals surface area contributed by atoms with Gasteiger partial charge in [-0.3, -0.25) is 19.3 Å². The summed E-state index contributed by atoms with van der Waals surface area (Å²) in [4.78, 5) is 53.8. The second-order valence-corrected chi connectivity index (χ2v) is 7.63. The molecule has 1 saturated heterocycles. The van der Waals surface area contributed by atoms with E-state index in [0.29, 0.717) is 6.42 Å². The first-order valence-corrected chi connectivity index (χ1v) is 9.43. The number of hydrogen-bond donors (Lipinski definition) is 1. The Morgan fingerprint density at radius 1 is 1.11 bits per heavy atom. The van der Waals surface area contributed by atoms with Crippen molar-refractivity contribution in [2.45, 2.75) is 31.2 Å². The fourth-order valence-corrected chi connectivity index (χ4v) is 3.81. The van der Waals surface area contributed by atoms with Gasteiger partial charge in [-0.2, -0.15) is 0 Å². The lowest BCUT2D eigenvalue weighted by molar-refractivity contribution is -0.141. The van der Waals surface area contributed by atoms with Crippen LogP contribution in [0.25, 0.3) is 0 Å². The van der Waals surface area contributed by atoms with Crippen LogP contribution in [0.4, 0.5) is 4.79 Å². The normalized spacial score (nSPS) is 21.2. The highest BCUT2D eigenvalue weighted by molar-refractivity contribution is 6.09. The fraction of sp³-hybridized carbons (Fsp3) is 0.500. The molecular weight excluding hydrogens is 360 g/mol. The molecule has 5 amide bonds. The van der Waals surface area contributed by atoms with Gasteiger partial charge in [-0.15, -0.1) is 0 Å². The van der Waals surface area contributed by atoms with Gasteiger partial charge in [-0.25, -0.2) is 4.79 Å². The predicted molar refractivity (Wildman–Crippen MR) is 102 cm³/mol. The molecule has 1 atom stereocenters. The summed E-state index contributed by atoms with van der Waals surface area (Å²) in [7, 11) is 4.69. The maximum atomic E-state index is 13.3. The van der Waals surface area contributed by atoms with Crippen molar-refractivity contribution in [1.29, 1.82) is 0 Å². The lowest BCUT2D eigenvalue weighted by Crippen LogP contribution is -2.46. The molecule has 1 aromatic carbocycles. The molecule has 1 fully saturated rings. The molecule has 1 aromatic rings. The number of nitrogens with zero attached hydrogens (tertiary/aromatic N) is 3. The Labute approximate surface area is 164 Å². The molecule has 1 spiro atoms. The van der Waals surface area contributed by atoms with Crippen molar-refractivity contribution < 1.29 is 19.2 Å². The molecule has 1 heterocycles. The summed E-state index contributed by atoms with van der Waals surface area (Å²) < 4.78 is 0. The molecule has 8 nitrogen and oxygen atoms in total. The van der Waals surface area contributed by atoms with Crippen LogP contribution < -0.4 is 5.32 Å². The first-order valence-electron chi connectivity index (χ1n) is 9.43. The predicted octanol–water partition coefficient (Wildman–Crippen LogP) is 0.707. The van der Waals surface area contributed by atoms with Crippen molar-refractivity contribution in [2.75, 3.05) is 34.2 Å². The smallest absolute Gasteiger partial charge is 0.325 e. The van der Waals surface area contributed by atoms with Gasteiger partial charge in [0.15, 0.2) is 0 Å². The minimum Gasteiger partial charge on any atom is -0.347 e. The zero-order valence-corrected chi connectivity index (χ0v) is 16.5. The topological polar surface area (TPSA) is 90.0 Å². The van der Waals surface area contributed by atoms with E-state index in [1.54, 1.807) is 14.1 Å². The summed E-state index contributed by atoms with van der Waals surface area (Å²) in [6.45, 7) is -0.491. The summed E-state index contributed by atoms with van der Waals surface area (Å²) in [6.07, 6.45) is 3.11. The highest BCUT2D eigenvalue weighted by Crippen LogP contribution is 2.38. The SMILES string of the molecule is CN(C)C(=O)CN(C)C(=O)CN1C(=O)N[C@@]2(CCCCc3ccccc32)C1=O. The number of hydrogen-bond acceptors (Lipinski definition) is 4. The van der Waals surface area contributed by atoms with E-state index < -0.39 is 23.4 Å². The van der Waals surface area contributed by atoms with Gasteiger partial charge < -0.3 is 15.1 Å². The lowest BCUT2D eigenvalue weighted by Gasteiger charge is -2.27. The minimum atomic E-state index is -1.11. The number of nitrogens with one attached hydrogen (secondary N) is 1. The van der Waals surface area contributed by atoms with Crippen molar-refractivity contribution in [1.82, 2.24) is 20.0 Å². The second kappa shape index (κ2) is 7.61. The molecule has 0 radical (unpaired) electrons. The Bertz CT molecular complexity index is 822. The molecule has 3 rings (SSSR count). The Morgan fingerprint density at radius 3 is 2.54 bits per heavy atom. The Kier molecular flexibility index (Phi) is 5.40. The zero-order chi connectivity index (χ0) is 20.5. The third-order valence-electron chi connectivity index (χ3n) is 5.49. The van der Waals surface area contributed by atoms with Crippen LogP contribution in [0.5, 0.6) is 0 Å². The largest absolute Gasteiger partial charge is 0.347 e. The third kappa shape index (κ3) is 3.46. The Balaban J connectivity index is 1.81. The number of imide groups is 1. The number of aryl methyl sites for hydroxylation is 1. The van der Waals surface area contributed by atoms with Crippen molar-refractivity contribution in [2.24, 2.45) is 0 Å². The third-order valence-corrected chi connectivity index (χ3v) is 5.49. The first kappa shape index (κ1) is 19.9. The van der Waals surface area contributed by atoms with E-state index in [1.807, 2.05) is 24.3 Å². The molecule has 1 aliphatic carbocycles. The summed E-state index contributed by atoms with van der Waals surface area (Å²) in [6, 6.07) is 7.08. The molecular formula is C20H26N4O4. The maximum absolute atomic E-state index is 13.3. The minimum absolute atomic E-state index is 0.108. The van der Waals surface area contributed by atoms with E-state index in [2.05, 4.69) is 5.32 Å². The van der Waals surface area contributed by atoms with Crippen molar-refractivity contribution in [3.8, 4) is 0 Å². The molecule has 0 saturated carbocycles. The Morgan fingerprint density at radius 2 is 1.82 bits per heavy atom. The fourth-order valence-electron chi connectivity index (χ4n) is 3.81. The van der Waals surface area contributed by atoms with E-state index in [1.165, 1.54) is 16.8 Å². The maximum Gasteiger partial charge on any atom is 0.325 e. The average Bonchev–Trinajstić information content (AvgIpc) is 2.81. The van der Waals surface area contributed by atoms with Gasteiger partial charge in [0.1, 0.15) is 12.1 Å². The average molecular weight is 386 g/mol. The number of carbonyl (C=O) groups excluding carboxylic acids is 4. The van der Waals surface area contributed by atoms with Crippen LogP contribution in [-0.4, -0.2) is 72.7 Å². The summed E-state index contributed by atoms with van der Waals surface area (Å²) in [5.41, 5.74) is 0.759. The van der Waals surface area contributed by atoms with Gasteiger partial charge in [0, 0.05) is 21.1 Å². The zero-order valence-electron chi connectivity index (χ0n) is 16.5. The number of likely N-dealkylation sites (N-methyl/N-ethyl adjacent to an activating group) is 2. The highest BCUT2D eigenvalue weighted by Gasteiger charge is 2.53. The van der Waals surface area contributed by atoms with Gasteiger partial charge in [0.2, 0.25) is 11.8 Å². The quantitative estimate of drug-likeness (QED) is 0.772. The van der Waals surface area contributed by atoms with E-state index in [0.717, 1.165) is 35.3 Å². The number of urea groups is 1. The van der Waals surface area contributed by atoms with Crippen LogP contribution in [0.2, 0.25) is 0 Å². The lowest BCUT2D eigenvalue weighted by atomic mass is 9.84. The molecule has 1 N–H and O–H groups in total. The van der Waals surface area contributed by atoms with Crippen LogP contribution in [0.1, 0.15) is 30.4 Å². The molecule has 1 aliphatic heterocycles. The molecule has 0 bridgehead atoms. The van der Waals surface area contributed by atoms with Gasteiger partial charge in [-0.05, 0) is 36.8 Å². The van der Waals surface area contributed by atoms with Crippen LogP contribution in [0, 0.1) is 0 Å². The number of rotatable bonds is 4. The van der Waals surface area contributed by atoms with Crippen molar-refractivity contribution >= 4 is 23.8 Å². The number of benzene rings is 1. The monoisotopic (exact) mass is 386 g/mol. The van der Waals surface area contributed by atoms with Crippen molar-refractivity contribution in [3.05, 3.63) is 35.4 Å². The van der Waals surface area contributed by atoms with Crippen LogP contribution in [0.3, 0.4) is 0 Å². The molecule has 150 valence electrons. The highest BCUT2D eigenvalue weighted by atomic mass is 16.2. The van der Waals surface area contributed by atoms with E-state index in [-0.39, 0.29) is 19.0 Å². The summed E-state index contributed by atoms with van der Waals surface area (Å²) >= 11 is 0. The molecule has 2 aliphatic rings. The standard InChI is InChI=1S/C20H26N4O4/c1-22(2)16(25)12-23(3)17(26)13-24-18(27)20(21-19(24)28)11-7-6-9-14-8-4-5-10-15(14)20/h4-5,8,10H,6-7,9,11-13H2,1-3H3,(H,21,28)/t20-/m1/s1. The molecule has 8 heteroatoms. The number of fused-ring (bicyclic) bond motifs is 2.